The fourth-order valence-electron chi connectivity index (χ4n) is 7.05. The number of nitrogens with one attached hydrogen (secondary N) is 1. The van der Waals surface area contributed by atoms with Crippen LogP contribution in [0.25, 0.3) is 0 Å². The Kier molecular flexibility index (Phi) is 21.5. The first-order valence-corrected chi connectivity index (χ1v) is 20.3. The van der Waals surface area contributed by atoms with E-state index in [-0.39, 0.29) is 66.0 Å². The molecule has 0 radical (unpaired) electrons. The summed E-state index contributed by atoms with van der Waals surface area (Å²) in [6.45, 7) is 18.4. The van der Waals surface area contributed by atoms with E-state index in [9.17, 15) is 24.6 Å². The number of carbonyl (C=O) groups excluding carboxylic acids is 3. The summed E-state index contributed by atoms with van der Waals surface area (Å²) >= 11 is 0. The van der Waals surface area contributed by atoms with Crippen LogP contribution in [0.5, 0.6) is 23.0 Å². The van der Waals surface area contributed by atoms with Crippen LogP contribution < -0.4 is 14.8 Å². The molecule has 14 nitrogen and oxygen atoms in total. The van der Waals surface area contributed by atoms with Gasteiger partial charge in [-0.2, -0.15) is 0 Å². The van der Waals surface area contributed by atoms with E-state index in [1.165, 1.54) is 24.3 Å². The Morgan fingerprint density at radius 2 is 1.24 bits per heavy atom. The van der Waals surface area contributed by atoms with Crippen LogP contribution in [0.15, 0.2) is 36.4 Å². The molecule has 2 heterocycles. The predicted molar refractivity (Wildman–Crippen MR) is 227 cm³/mol. The number of likely N-dealkylation sites (tertiary alicyclic amines) is 1. The molecule has 0 spiro atoms. The summed E-state index contributed by atoms with van der Waals surface area (Å²) in [5.74, 6) is 0.686. The molecule has 0 bridgehead atoms. The third-order valence-corrected chi connectivity index (χ3v) is 9.49. The van der Waals surface area contributed by atoms with E-state index in [0.29, 0.717) is 68.6 Å². The molecule has 328 valence electrons. The topological polar surface area (TPSA) is 160 Å². The van der Waals surface area contributed by atoms with Crippen LogP contribution in [0.3, 0.4) is 0 Å². The average molecular weight is 837 g/mol. The molecule has 2 aliphatic heterocycles. The number of hydrogen-bond acceptors (Lipinski definition) is 11. The predicted octanol–water partition coefficient (Wildman–Crippen LogP) is 6.89. The minimum atomic E-state index is -0.571. The number of amides is 3. The Morgan fingerprint density at radius 3 is 1.67 bits per heavy atom. The van der Waals surface area contributed by atoms with Gasteiger partial charge in [0.25, 0.3) is 11.8 Å². The van der Waals surface area contributed by atoms with Gasteiger partial charge in [-0.1, -0.05) is 0 Å². The summed E-state index contributed by atoms with van der Waals surface area (Å²) < 4.78 is 26.9. The van der Waals surface area contributed by atoms with E-state index >= 15 is 0 Å². The highest BCUT2D eigenvalue weighted by atomic mass is 35.5. The van der Waals surface area contributed by atoms with Gasteiger partial charge in [0.1, 0.15) is 28.6 Å². The van der Waals surface area contributed by atoms with Crippen LogP contribution in [0.2, 0.25) is 0 Å². The summed E-state index contributed by atoms with van der Waals surface area (Å²) in [4.78, 5) is 44.5. The molecule has 0 saturated carbocycles. The molecule has 0 aromatic heterocycles. The van der Waals surface area contributed by atoms with Gasteiger partial charge in [0.2, 0.25) is 0 Å². The van der Waals surface area contributed by atoms with Crippen molar-refractivity contribution in [1.29, 1.82) is 0 Å². The number of halogens is 1. The van der Waals surface area contributed by atoms with Crippen molar-refractivity contribution in [2.24, 2.45) is 0 Å². The van der Waals surface area contributed by atoms with Crippen molar-refractivity contribution in [3.63, 3.8) is 0 Å². The molecule has 15 heteroatoms. The van der Waals surface area contributed by atoms with Crippen molar-refractivity contribution < 1.29 is 48.3 Å². The minimum Gasteiger partial charge on any atom is -0.508 e. The van der Waals surface area contributed by atoms with Gasteiger partial charge in [0, 0.05) is 101 Å². The van der Waals surface area contributed by atoms with E-state index in [4.69, 9.17) is 23.7 Å². The lowest BCUT2D eigenvalue weighted by Crippen LogP contribution is -2.54. The molecule has 2 aromatic carbocycles. The first-order valence-electron chi connectivity index (χ1n) is 20.3. The van der Waals surface area contributed by atoms with E-state index < -0.39 is 5.60 Å². The van der Waals surface area contributed by atoms with E-state index in [0.717, 1.165) is 45.2 Å². The SMILES string of the molecule is COCCCOc1cc(O)cc(C(=O)N(C(C)C)[C@@H]2CCCN(C(=O)OC(C)(C)C)C2)c1.COCCCOc1cc(O)cc(C(=O)N(C(C)C)[C@@H]2CCCNC2)c1.Cl. The molecule has 2 fully saturated rings. The van der Waals surface area contributed by atoms with E-state index in [1.54, 1.807) is 36.2 Å². The van der Waals surface area contributed by atoms with Crippen LogP contribution in [0.1, 0.15) is 108 Å². The second kappa shape index (κ2) is 24.8. The molecule has 0 aliphatic carbocycles. The van der Waals surface area contributed by atoms with Crippen LogP contribution in [0.4, 0.5) is 4.79 Å². The maximum atomic E-state index is 13.5. The highest BCUT2D eigenvalue weighted by Crippen LogP contribution is 2.28. The molecule has 3 amide bonds. The summed E-state index contributed by atoms with van der Waals surface area (Å²) in [5.41, 5.74) is 0.245. The van der Waals surface area contributed by atoms with E-state index in [1.807, 2.05) is 53.4 Å². The third kappa shape index (κ3) is 16.3. The summed E-state index contributed by atoms with van der Waals surface area (Å²) in [6, 6.07) is 9.39. The molecule has 2 atom stereocenters. The van der Waals surface area contributed by atoms with Crippen LogP contribution in [-0.2, 0) is 14.2 Å². The van der Waals surface area contributed by atoms with Gasteiger partial charge in [-0.15, -0.1) is 12.4 Å². The number of aromatic hydroxyl groups is 2. The first-order chi connectivity index (χ1) is 27.0. The average Bonchev–Trinajstić information content (AvgIpc) is 3.15. The number of phenolic OH excluding ortho intramolecular Hbond substituents is 2. The smallest absolute Gasteiger partial charge is 0.410 e. The largest absolute Gasteiger partial charge is 0.508 e. The highest BCUT2D eigenvalue weighted by molar-refractivity contribution is 5.96. The quantitative estimate of drug-likeness (QED) is 0.151. The van der Waals surface area contributed by atoms with E-state index in [2.05, 4.69) is 5.32 Å². The zero-order chi connectivity index (χ0) is 42.1. The summed E-state index contributed by atoms with van der Waals surface area (Å²) in [7, 11) is 3.27. The number of ether oxygens (including phenoxy) is 5. The standard InChI is InChI=1S/C24H38N2O6.C19H30N2O4.ClH/c1-17(2)26(19-9-7-10-25(16-19)23(29)32-24(3,4)5)22(28)18-13-20(27)15-21(14-18)31-12-8-11-30-6;1-14(2)21(16-6-4-7-20-13-16)19(23)15-10-17(22)12-18(11-15)25-9-5-8-24-3;/h13-15,17,19,27H,7-12,16H2,1-6H3;10-12,14,16,20,22H,4-9,13H2,1-3H3;1H/t19-;16-;/m11./s1. The molecule has 58 heavy (non-hydrogen) atoms. The Labute approximate surface area is 351 Å². The molecule has 0 unspecified atom stereocenters. The Balaban J connectivity index is 0.000000405. The summed E-state index contributed by atoms with van der Waals surface area (Å²) in [5, 5.41) is 23.5. The number of methoxy groups -OCH3 is 2. The molecule has 3 N–H and O–H groups in total. The molecule has 2 saturated heterocycles. The summed E-state index contributed by atoms with van der Waals surface area (Å²) in [6.07, 6.45) is 4.74. The van der Waals surface area contributed by atoms with Gasteiger partial charge in [0.05, 0.1) is 19.3 Å². The molecule has 4 rings (SSSR count). The van der Waals surface area contributed by atoms with Crippen molar-refractivity contribution in [1.82, 2.24) is 20.0 Å². The number of piperidine rings is 2. The molecular formula is C43H69ClN4O10. The fraction of sp³-hybridized carbons (Fsp3) is 0.651. The maximum absolute atomic E-state index is 13.5. The zero-order valence-corrected chi connectivity index (χ0v) is 36.9. The van der Waals surface area contributed by atoms with Crippen LogP contribution >= 0.6 is 12.4 Å². The normalized spacial score (nSPS) is 16.8. The monoisotopic (exact) mass is 836 g/mol. The fourth-order valence-corrected chi connectivity index (χ4v) is 7.05. The van der Waals surface area contributed by atoms with Gasteiger partial charge < -0.3 is 53.9 Å². The lowest BCUT2D eigenvalue weighted by Gasteiger charge is -2.41. The van der Waals surface area contributed by atoms with Gasteiger partial charge in [-0.3, -0.25) is 9.59 Å². The van der Waals surface area contributed by atoms with Gasteiger partial charge in [-0.25, -0.2) is 4.79 Å². The third-order valence-electron chi connectivity index (χ3n) is 9.49. The molecule has 2 aliphatic rings. The van der Waals surface area contributed by atoms with Crippen LogP contribution in [-0.4, -0.2) is 139 Å². The minimum absolute atomic E-state index is 0. The molecule has 2 aromatic rings. The number of rotatable bonds is 16. The number of carbonyl (C=O) groups is 3. The first kappa shape index (κ1) is 50.2. The van der Waals surface area contributed by atoms with Gasteiger partial charge in [-0.05, 0) is 105 Å². The van der Waals surface area contributed by atoms with Crippen molar-refractivity contribution in [3.05, 3.63) is 47.5 Å². The zero-order valence-electron chi connectivity index (χ0n) is 36.1. The number of nitrogens with zero attached hydrogens (tertiary/aromatic N) is 3. The Hall–Kier alpha value is -3.98. The van der Waals surface area contributed by atoms with Crippen molar-refractivity contribution in [3.8, 4) is 23.0 Å². The lowest BCUT2D eigenvalue weighted by molar-refractivity contribution is 0.00751. The number of phenols is 2. The second-order valence-electron chi connectivity index (χ2n) is 16.2. The van der Waals surface area contributed by atoms with Crippen molar-refractivity contribution in [2.45, 2.75) is 117 Å². The number of hydrogen-bond donors (Lipinski definition) is 3. The second-order valence-corrected chi connectivity index (χ2v) is 16.2. The number of benzene rings is 2. The highest BCUT2D eigenvalue weighted by Gasteiger charge is 2.35. The molecular weight excluding hydrogens is 768 g/mol. The van der Waals surface area contributed by atoms with Gasteiger partial charge in [0.15, 0.2) is 0 Å². The van der Waals surface area contributed by atoms with Crippen LogP contribution in [0, 0.1) is 0 Å². The van der Waals surface area contributed by atoms with Crippen molar-refractivity contribution >= 4 is 30.3 Å². The Morgan fingerprint density at radius 1 is 0.759 bits per heavy atom. The van der Waals surface area contributed by atoms with Crippen molar-refractivity contribution in [2.75, 3.05) is 66.8 Å². The lowest BCUT2D eigenvalue weighted by atomic mass is 10.0. The van der Waals surface area contributed by atoms with Gasteiger partial charge >= 0.3 is 6.09 Å². The maximum Gasteiger partial charge on any atom is 0.410 e. The Bertz CT molecular complexity index is 1560.